The molecule has 4 nitrogen and oxygen atoms in total. The van der Waals surface area contributed by atoms with E-state index in [2.05, 4.69) is 10.1 Å². The lowest BCUT2D eigenvalue weighted by Crippen LogP contribution is -2.54. The SMILES string of the molecule is CNC1(c2cccc(OC(F)(F)F)c2)CCCC(O)C1=O.Cl. The van der Waals surface area contributed by atoms with Crippen LogP contribution in [0.2, 0.25) is 0 Å². The number of Topliss-reactive ketones (excluding diaryl/α,β-unsaturated/α-hetero) is 1. The molecule has 2 unspecified atom stereocenters. The Morgan fingerprint density at radius 2 is 2.09 bits per heavy atom. The van der Waals surface area contributed by atoms with Crippen LogP contribution < -0.4 is 10.1 Å². The van der Waals surface area contributed by atoms with Crippen molar-refractivity contribution in [2.75, 3.05) is 7.05 Å². The summed E-state index contributed by atoms with van der Waals surface area (Å²) in [5.41, 5.74) is -0.821. The number of aliphatic hydroxyl groups is 1. The van der Waals surface area contributed by atoms with Crippen LogP contribution in [0.5, 0.6) is 5.75 Å². The third kappa shape index (κ3) is 3.71. The molecule has 0 heterocycles. The summed E-state index contributed by atoms with van der Waals surface area (Å²) in [4.78, 5) is 12.3. The highest BCUT2D eigenvalue weighted by molar-refractivity contribution is 5.93. The molecule has 2 atom stereocenters. The minimum absolute atomic E-state index is 0. The number of likely N-dealkylation sites (N-methyl/N-ethyl adjacent to an activating group) is 1. The molecule has 0 saturated heterocycles. The summed E-state index contributed by atoms with van der Waals surface area (Å²) in [5, 5.41) is 12.6. The predicted molar refractivity (Wildman–Crippen MR) is 76.0 cm³/mol. The molecule has 2 N–H and O–H groups in total. The maximum Gasteiger partial charge on any atom is 0.573 e. The molecule has 124 valence electrons. The molecular weight excluding hydrogens is 323 g/mol. The number of ketones is 1. The van der Waals surface area contributed by atoms with Gasteiger partial charge in [0.15, 0.2) is 5.78 Å². The molecule has 0 aromatic heterocycles. The maximum absolute atomic E-state index is 12.3. The van der Waals surface area contributed by atoms with Crippen LogP contribution in [0.25, 0.3) is 0 Å². The summed E-state index contributed by atoms with van der Waals surface area (Å²) < 4.78 is 40.7. The first-order chi connectivity index (χ1) is 9.78. The third-order valence-corrected chi connectivity index (χ3v) is 3.74. The van der Waals surface area contributed by atoms with E-state index >= 15 is 0 Å². The quantitative estimate of drug-likeness (QED) is 0.888. The zero-order valence-corrected chi connectivity index (χ0v) is 12.6. The molecule has 1 saturated carbocycles. The Labute approximate surface area is 132 Å². The van der Waals surface area contributed by atoms with Crippen molar-refractivity contribution >= 4 is 18.2 Å². The molecule has 0 aliphatic heterocycles. The van der Waals surface area contributed by atoms with Crippen molar-refractivity contribution in [2.45, 2.75) is 37.3 Å². The van der Waals surface area contributed by atoms with Crippen LogP contribution in [0, 0.1) is 0 Å². The monoisotopic (exact) mass is 339 g/mol. The summed E-state index contributed by atoms with van der Waals surface area (Å²) >= 11 is 0. The van der Waals surface area contributed by atoms with Gasteiger partial charge in [0, 0.05) is 0 Å². The molecule has 1 fully saturated rings. The molecule has 8 heteroatoms. The van der Waals surface area contributed by atoms with E-state index in [-0.39, 0.29) is 18.2 Å². The number of hydrogen-bond donors (Lipinski definition) is 2. The van der Waals surface area contributed by atoms with Gasteiger partial charge in [-0.1, -0.05) is 12.1 Å². The molecule has 1 aromatic carbocycles. The minimum atomic E-state index is -4.79. The lowest BCUT2D eigenvalue weighted by molar-refractivity contribution is -0.274. The number of halogens is 4. The van der Waals surface area contributed by atoms with Gasteiger partial charge in [0.2, 0.25) is 0 Å². The second kappa shape index (κ2) is 6.85. The Balaban J connectivity index is 0.00000242. The maximum atomic E-state index is 12.3. The second-order valence-corrected chi connectivity index (χ2v) is 5.00. The summed E-state index contributed by atoms with van der Waals surface area (Å²) in [6, 6.07) is 5.30. The van der Waals surface area contributed by atoms with Gasteiger partial charge in [-0.05, 0) is 44.0 Å². The summed E-state index contributed by atoms with van der Waals surface area (Å²) in [6.45, 7) is 0. The molecular formula is C14H17ClF3NO3. The Bertz CT molecular complexity index is 538. The fourth-order valence-electron chi connectivity index (χ4n) is 2.74. The highest BCUT2D eigenvalue weighted by Crippen LogP contribution is 2.36. The predicted octanol–water partition coefficient (Wildman–Crippen LogP) is 2.54. The van der Waals surface area contributed by atoms with Gasteiger partial charge in [-0.25, -0.2) is 0 Å². The van der Waals surface area contributed by atoms with Crippen LogP contribution in [-0.2, 0) is 10.3 Å². The zero-order valence-electron chi connectivity index (χ0n) is 11.8. The standard InChI is InChI=1S/C14H16F3NO3.ClH/c1-18-13(7-3-6-11(19)12(13)20)9-4-2-5-10(8-9)21-14(15,16)17;/h2,4-5,8,11,18-19H,3,6-7H2,1H3;1H. The topological polar surface area (TPSA) is 58.6 Å². The number of nitrogens with one attached hydrogen (secondary N) is 1. The molecule has 1 aliphatic carbocycles. The fraction of sp³-hybridized carbons (Fsp3) is 0.500. The van der Waals surface area contributed by atoms with Crippen LogP contribution in [0.4, 0.5) is 13.2 Å². The summed E-state index contributed by atoms with van der Waals surface area (Å²) in [7, 11) is 1.55. The molecule has 1 aliphatic rings. The van der Waals surface area contributed by atoms with Crippen LogP contribution >= 0.6 is 12.4 Å². The van der Waals surface area contributed by atoms with Gasteiger partial charge in [-0.2, -0.15) is 0 Å². The minimum Gasteiger partial charge on any atom is -0.406 e. The van der Waals surface area contributed by atoms with E-state index in [1.165, 1.54) is 18.2 Å². The molecule has 0 bridgehead atoms. The molecule has 0 amide bonds. The second-order valence-electron chi connectivity index (χ2n) is 5.00. The van der Waals surface area contributed by atoms with E-state index in [9.17, 15) is 23.1 Å². The van der Waals surface area contributed by atoms with Crippen LogP contribution in [0.3, 0.4) is 0 Å². The van der Waals surface area contributed by atoms with Gasteiger partial charge in [0.1, 0.15) is 17.4 Å². The highest BCUT2D eigenvalue weighted by Gasteiger charge is 2.44. The number of benzene rings is 1. The number of carbonyl (C=O) groups is 1. The zero-order chi connectivity index (χ0) is 15.7. The molecule has 1 aromatic rings. The van der Waals surface area contributed by atoms with Crippen molar-refractivity contribution in [2.24, 2.45) is 0 Å². The van der Waals surface area contributed by atoms with Gasteiger partial charge in [0.25, 0.3) is 0 Å². The Morgan fingerprint density at radius 3 is 2.68 bits per heavy atom. The van der Waals surface area contributed by atoms with Gasteiger partial charge in [-0.3, -0.25) is 4.79 Å². The van der Waals surface area contributed by atoms with Gasteiger partial charge in [0.05, 0.1) is 0 Å². The number of rotatable bonds is 3. The Kier molecular flexibility index (Phi) is 5.83. The number of aliphatic hydroxyl groups excluding tert-OH is 1. The Hall–Kier alpha value is -1.31. The molecule has 0 spiro atoms. The van der Waals surface area contributed by atoms with Gasteiger partial charge in [-0.15, -0.1) is 25.6 Å². The summed E-state index contributed by atoms with van der Waals surface area (Å²) in [5.74, 6) is -0.817. The first-order valence-corrected chi connectivity index (χ1v) is 6.56. The number of hydrogen-bond acceptors (Lipinski definition) is 4. The van der Waals surface area contributed by atoms with Crippen molar-refractivity contribution in [3.05, 3.63) is 29.8 Å². The highest BCUT2D eigenvalue weighted by atomic mass is 35.5. The molecule has 2 rings (SSSR count). The van der Waals surface area contributed by atoms with E-state index in [0.717, 1.165) is 0 Å². The van der Waals surface area contributed by atoms with Crippen molar-refractivity contribution in [3.8, 4) is 5.75 Å². The van der Waals surface area contributed by atoms with Gasteiger partial charge < -0.3 is 15.2 Å². The van der Waals surface area contributed by atoms with Crippen LogP contribution in [0.15, 0.2) is 24.3 Å². The average Bonchev–Trinajstić information content (AvgIpc) is 2.40. The molecule has 22 heavy (non-hydrogen) atoms. The summed E-state index contributed by atoms with van der Waals surface area (Å²) in [6.07, 6.45) is -4.53. The van der Waals surface area contributed by atoms with E-state index < -0.39 is 23.8 Å². The van der Waals surface area contributed by atoms with E-state index in [1.807, 2.05) is 0 Å². The third-order valence-electron chi connectivity index (χ3n) is 3.74. The largest absolute Gasteiger partial charge is 0.573 e. The van der Waals surface area contributed by atoms with Crippen molar-refractivity contribution in [1.82, 2.24) is 5.32 Å². The first-order valence-electron chi connectivity index (χ1n) is 6.56. The lowest BCUT2D eigenvalue weighted by atomic mass is 9.74. The number of ether oxygens (including phenoxy) is 1. The first kappa shape index (κ1) is 18.7. The van der Waals surface area contributed by atoms with Crippen molar-refractivity contribution in [3.63, 3.8) is 0 Å². The number of carbonyl (C=O) groups excluding carboxylic acids is 1. The fourth-order valence-corrected chi connectivity index (χ4v) is 2.74. The average molecular weight is 340 g/mol. The van der Waals surface area contributed by atoms with E-state index in [4.69, 9.17) is 0 Å². The smallest absolute Gasteiger partial charge is 0.406 e. The van der Waals surface area contributed by atoms with Crippen LogP contribution in [-0.4, -0.2) is 30.4 Å². The van der Waals surface area contributed by atoms with Crippen molar-refractivity contribution in [1.29, 1.82) is 0 Å². The van der Waals surface area contributed by atoms with E-state index in [0.29, 0.717) is 24.8 Å². The lowest BCUT2D eigenvalue weighted by Gasteiger charge is -2.38. The molecule has 0 radical (unpaired) electrons. The van der Waals surface area contributed by atoms with Crippen LogP contribution in [0.1, 0.15) is 24.8 Å². The van der Waals surface area contributed by atoms with Crippen molar-refractivity contribution < 1.29 is 27.8 Å². The van der Waals surface area contributed by atoms with E-state index in [1.54, 1.807) is 13.1 Å². The number of alkyl halides is 3. The Morgan fingerprint density at radius 1 is 1.41 bits per heavy atom. The van der Waals surface area contributed by atoms with Gasteiger partial charge >= 0.3 is 6.36 Å². The normalized spacial score (nSPS) is 25.5.